The molecular formula is C25H21ClFN5O. The highest BCUT2D eigenvalue weighted by Gasteiger charge is 2.15. The minimum atomic E-state index is -0.377. The molecule has 0 amide bonds. The van der Waals surface area contributed by atoms with E-state index in [1.54, 1.807) is 24.0 Å². The molecule has 3 aromatic heterocycles. The van der Waals surface area contributed by atoms with Crippen LogP contribution in [0.3, 0.4) is 0 Å². The smallest absolute Gasteiger partial charge is 0.163 e. The Kier molecular flexibility index (Phi) is 5.34. The van der Waals surface area contributed by atoms with E-state index in [2.05, 4.69) is 10.1 Å². The summed E-state index contributed by atoms with van der Waals surface area (Å²) in [5, 5.41) is 5.01. The molecule has 0 N–H and O–H groups in total. The SMILES string of the molecule is COc1cc(Cc2nc3c(-c4ccc(F)cc4Cl)cc(C)cn3n2)ccc1-n1cnc(C)c1. The Bertz CT molecular complexity index is 1490. The second-order valence-electron chi connectivity index (χ2n) is 7.96. The van der Waals surface area contributed by atoms with E-state index in [1.807, 2.05) is 55.1 Å². The average Bonchev–Trinajstić information content (AvgIpc) is 3.39. The number of fused-ring (bicyclic) bond motifs is 1. The molecule has 0 atom stereocenters. The predicted octanol–water partition coefficient (Wildman–Crippen LogP) is 5.59. The molecule has 2 aromatic carbocycles. The van der Waals surface area contributed by atoms with Gasteiger partial charge in [0.05, 0.1) is 29.8 Å². The van der Waals surface area contributed by atoms with Gasteiger partial charge in [0.25, 0.3) is 0 Å². The highest BCUT2D eigenvalue weighted by Crippen LogP contribution is 2.32. The molecule has 166 valence electrons. The van der Waals surface area contributed by atoms with Crippen molar-refractivity contribution in [2.45, 2.75) is 20.3 Å². The van der Waals surface area contributed by atoms with Gasteiger partial charge in [-0.25, -0.2) is 18.9 Å². The molecule has 6 nitrogen and oxygen atoms in total. The maximum Gasteiger partial charge on any atom is 0.163 e. The van der Waals surface area contributed by atoms with Crippen molar-refractivity contribution in [2.75, 3.05) is 7.11 Å². The molecule has 8 heteroatoms. The number of halogens is 2. The molecule has 0 saturated heterocycles. The monoisotopic (exact) mass is 461 g/mol. The second-order valence-corrected chi connectivity index (χ2v) is 8.36. The fourth-order valence-corrected chi connectivity index (χ4v) is 4.19. The number of aromatic nitrogens is 5. The first-order chi connectivity index (χ1) is 15.9. The highest BCUT2D eigenvalue weighted by atomic mass is 35.5. The molecule has 0 unspecified atom stereocenters. The maximum absolute atomic E-state index is 13.6. The van der Waals surface area contributed by atoms with E-state index >= 15 is 0 Å². The van der Waals surface area contributed by atoms with Crippen molar-refractivity contribution in [3.8, 4) is 22.6 Å². The van der Waals surface area contributed by atoms with Crippen LogP contribution in [0.4, 0.5) is 4.39 Å². The molecule has 0 aliphatic heterocycles. The lowest BCUT2D eigenvalue weighted by molar-refractivity contribution is 0.412. The number of methoxy groups -OCH3 is 1. The van der Waals surface area contributed by atoms with Crippen molar-refractivity contribution in [1.82, 2.24) is 24.1 Å². The van der Waals surface area contributed by atoms with Crippen LogP contribution < -0.4 is 4.74 Å². The van der Waals surface area contributed by atoms with Gasteiger partial charge in [0, 0.05) is 29.9 Å². The second kappa shape index (κ2) is 8.33. The Morgan fingerprint density at radius 3 is 2.61 bits per heavy atom. The summed E-state index contributed by atoms with van der Waals surface area (Å²) in [6.07, 6.45) is 6.15. The third-order valence-corrected chi connectivity index (χ3v) is 5.74. The summed E-state index contributed by atoms with van der Waals surface area (Å²) >= 11 is 6.34. The van der Waals surface area contributed by atoms with Crippen LogP contribution in [-0.2, 0) is 6.42 Å². The van der Waals surface area contributed by atoms with Gasteiger partial charge < -0.3 is 9.30 Å². The maximum atomic E-state index is 13.6. The standard InChI is InChI=1S/C25H21ClFN5O/c1-15-8-20(19-6-5-18(27)11-21(19)26)25-29-24(30-32(25)12-15)10-17-4-7-22(23(9-17)33-3)31-13-16(2)28-14-31/h4-9,11-14H,10H2,1-3H3. The van der Waals surface area contributed by atoms with Crippen LogP contribution in [0.25, 0.3) is 22.5 Å². The minimum absolute atomic E-state index is 0.335. The molecule has 5 aromatic rings. The van der Waals surface area contributed by atoms with Gasteiger partial charge in [-0.1, -0.05) is 17.7 Å². The third-order valence-electron chi connectivity index (χ3n) is 5.43. The first-order valence-electron chi connectivity index (χ1n) is 10.4. The quantitative estimate of drug-likeness (QED) is 0.342. The molecule has 33 heavy (non-hydrogen) atoms. The molecule has 0 bridgehead atoms. The van der Waals surface area contributed by atoms with E-state index < -0.39 is 0 Å². The number of hydrogen-bond acceptors (Lipinski definition) is 4. The summed E-state index contributed by atoms with van der Waals surface area (Å²) < 4.78 is 22.9. The van der Waals surface area contributed by atoms with Crippen LogP contribution >= 0.6 is 11.6 Å². The van der Waals surface area contributed by atoms with Crippen molar-refractivity contribution in [2.24, 2.45) is 0 Å². The Hall–Kier alpha value is -3.71. The molecule has 0 spiro atoms. The first kappa shape index (κ1) is 21.2. The van der Waals surface area contributed by atoms with Gasteiger partial charge in [-0.2, -0.15) is 5.10 Å². The third kappa shape index (κ3) is 4.07. The molecule has 5 rings (SSSR count). The lowest BCUT2D eigenvalue weighted by atomic mass is 10.1. The number of nitrogens with zero attached hydrogens (tertiary/aromatic N) is 5. The zero-order valence-corrected chi connectivity index (χ0v) is 19.1. The Morgan fingerprint density at radius 2 is 1.88 bits per heavy atom. The number of ether oxygens (including phenoxy) is 1. The zero-order valence-electron chi connectivity index (χ0n) is 18.4. The average molecular weight is 462 g/mol. The van der Waals surface area contributed by atoms with E-state index in [0.717, 1.165) is 33.8 Å². The van der Waals surface area contributed by atoms with Gasteiger partial charge in [-0.15, -0.1) is 0 Å². The zero-order chi connectivity index (χ0) is 23.1. The number of imidazole rings is 1. The van der Waals surface area contributed by atoms with Crippen LogP contribution in [0.5, 0.6) is 5.75 Å². The highest BCUT2D eigenvalue weighted by molar-refractivity contribution is 6.33. The minimum Gasteiger partial charge on any atom is -0.495 e. The molecule has 0 aliphatic carbocycles. The van der Waals surface area contributed by atoms with Gasteiger partial charge in [0.15, 0.2) is 11.5 Å². The molecular weight excluding hydrogens is 441 g/mol. The number of pyridine rings is 1. The Balaban J connectivity index is 1.52. The fraction of sp³-hybridized carbons (Fsp3) is 0.160. The molecule has 0 radical (unpaired) electrons. The summed E-state index contributed by atoms with van der Waals surface area (Å²) in [4.78, 5) is 9.06. The topological polar surface area (TPSA) is 57.2 Å². The largest absolute Gasteiger partial charge is 0.495 e. The first-order valence-corrected chi connectivity index (χ1v) is 10.8. The molecule has 0 aliphatic rings. The van der Waals surface area contributed by atoms with Gasteiger partial charge in [-0.3, -0.25) is 0 Å². The van der Waals surface area contributed by atoms with Crippen LogP contribution in [-0.4, -0.2) is 31.3 Å². The Morgan fingerprint density at radius 1 is 1.03 bits per heavy atom. The van der Waals surface area contributed by atoms with E-state index in [4.69, 9.17) is 21.3 Å². The summed E-state index contributed by atoms with van der Waals surface area (Å²) in [7, 11) is 1.65. The fourth-order valence-electron chi connectivity index (χ4n) is 3.93. The van der Waals surface area contributed by atoms with Gasteiger partial charge in [0.2, 0.25) is 0 Å². The van der Waals surface area contributed by atoms with E-state index in [1.165, 1.54) is 12.1 Å². The van der Waals surface area contributed by atoms with Crippen LogP contribution in [0.2, 0.25) is 5.02 Å². The van der Waals surface area contributed by atoms with Gasteiger partial charge >= 0.3 is 0 Å². The Labute approximate surface area is 195 Å². The van der Waals surface area contributed by atoms with Crippen LogP contribution in [0.15, 0.2) is 61.2 Å². The lowest BCUT2D eigenvalue weighted by Gasteiger charge is -2.10. The summed E-state index contributed by atoms with van der Waals surface area (Å²) in [5.74, 6) is 1.02. The normalized spacial score (nSPS) is 11.3. The van der Waals surface area contributed by atoms with Crippen LogP contribution in [0.1, 0.15) is 22.6 Å². The van der Waals surface area contributed by atoms with Gasteiger partial charge in [0.1, 0.15) is 11.6 Å². The van der Waals surface area contributed by atoms with Crippen molar-refractivity contribution >= 4 is 17.2 Å². The summed E-state index contributed by atoms with van der Waals surface area (Å²) in [5.41, 5.74) is 6.05. The molecule has 3 heterocycles. The van der Waals surface area contributed by atoms with Crippen LogP contribution in [0, 0.1) is 19.7 Å². The van der Waals surface area contributed by atoms with Crippen molar-refractivity contribution in [1.29, 1.82) is 0 Å². The van der Waals surface area contributed by atoms with E-state index in [9.17, 15) is 4.39 Å². The van der Waals surface area contributed by atoms with Crippen molar-refractivity contribution < 1.29 is 9.13 Å². The summed E-state index contributed by atoms with van der Waals surface area (Å²) in [6.45, 7) is 3.92. The number of hydrogen-bond donors (Lipinski definition) is 0. The summed E-state index contributed by atoms with van der Waals surface area (Å²) in [6, 6.07) is 12.4. The molecule has 0 fully saturated rings. The number of rotatable bonds is 5. The van der Waals surface area contributed by atoms with Crippen molar-refractivity contribution in [3.63, 3.8) is 0 Å². The van der Waals surface area contributed by atoms with Gasteiger partial charge in [-0.05, 0) is 61.4 Å². The predicted molar refractivity (Wildman–Crippen MR) is 126 cm³/mol. The number of aryl methyl sites for hydroxylation is 2. The van der Waals surface area contributed by atoms with E-state index in [-0.39, 0.29) is 5.82 Å². The lowest BCUT2D eigenvalue weighted by Crippen LogP contribution is -1.98. The molecule has 0 saturated carbocycles. The van der Waals surface area contributed by atoms with E-state index in [0.29, 0.717) is 28.5 Å². The van der Waals surface area contributed by atoms with Crippen molar-refractivity contribution in [3.05, 3.63) is 94.7 Å². The number of benzene rings is 2.